The van der Waals surface area contributed by atoms with Gasteiger partial charge in [-0.25, -0.2) is 4.39 Å². The molecule has 0 spiro atoms. The summed E-state index contributed by atoms with van der Waals surface area (Å²) in [4.78, 5) is 0. The molecule has 0 radical (unpaired) electrons. The maximum Gasteiger partial charge on any atom is 0.123 e. The summed E-state index contributed by atoms with van der Waals surface area (Å²) in [5, 5.41) is 3.24. The Morgan fingerprint density at radius 1 is 1.14 bits per heavy atom. The van der Waals surface area contributed by atoms with Crippen LogP contribution >= 0.6 is 31.9 Å². The highest BCUT2D eigenvalue weighted by Gasteiger charge is 2.16. The Morgan fingerprint density at radius 2 is 1.86 bits per heavy atom. The molecule has 1 atom stereocenters. The summed E-state index contributed by atoms with van der Waals surface area (Å²) in [5.74, 6) is 0.569. The largest absolute Gasteiger partial charge is 0.497 e. The number of hydrogen-bond acceptors (Lipinski definition) is 2. The minimum atomic E-state index is -0.238. The van der Waals surface area contributed by atoms with Crippen LogP contribution in [0.3, 0.4) is 0 Å². The fourth-order valence-corrected chi connectivity index (χ4v) is 3.14. The topological polar surface area (TPSA) is 21.3 Å². The van der Waals surface area contributed by atoms with Gasteiger partial charge in [-0.15, -0.1) is 0 Å². The lowest BCUT2D eigenvalue weighted by Gasteiger charge is -2.19. The molecule has 0 bridgehead atoms. The highest BCUT2D eigenvalue weighted by atomic mass is 79.9. The zero-order valence-corrected chi connectivity index (χ0v) is 15.0. The SMILES string of the molecule is CNC(Cc1cc(OC)ccc1Br)c1cc(F)ccc1Br. The molecule has 1 unspecified atom stereocenters. The zero-order chi connectivity index (χ0) is 15.4. The quantitative estimate of drug-likeness (QED) is 0.751. The molecule has 5 heteroatoms. The molecule has 0 aromatic heterocycles. The van der Waals surface area contributed by atoms with Crippen molar-refractivity contribution in [1.82, 2.24) is 5.32 Å². The fraction of sp³-hybridized carbons (Fsp3) is 0.250. The van der Waals surface area contributed by atoms with E-state index in [-0.39, 0.29) is 11.9 Å². The van der Waals surface area contributed by atoms with Gasteiger partial charge in [0.15, 0.2) is 0 Å². The molecule has 2 nitrogen and oxygen atoms in total. The van der Waals surface area contributed by atoms with Crippen LogP contribution in [0.5, 0.6) is 5.75 Å². The lowest BCUT2D eigenvalue weighted by Crippen LogP contribution is -2.19. The number of hydrogen-bond donors (Lipinski definition) is 1. The number of halogens is 3. The molecule has 0 amide bonds. The van der Waals surface area contributed by atoms with Crippen molar-refractivity contribution in [2.75, 3.05) is 14.2 Å². The van der Waals surface area contributed by atoms with Gasteiger partial charge in [0, 0.05) is 15.0 Å². The Labute approximate surface area is 141 Å². The van der Waals surface area contributed by atoms with Crippen molar-refractivity contribution in [2.24, 2.45) is 0 Å². The Kier molecular flexibility index (Phi) is 5.79. The van der Waals surface area contributed by atoms with Gasteiger partial charge < -0.3 is 10.1 Å². The van der Waals surface area contributed by atoms with Crippen LogP contribution < -0.4 is 10.1 Å². The van der Waals surface area contributed by atoms with Crippen molar-refractivity contribution < 1.29 is 9.13 Å². The van der Waals surface area contributed by atoms with Crippen LogP contribution in [-0.2, 0) is 6.42 Å². The Hall–Kier alpha value is -0.910. The Morgan fingerprint density at radius 3 is 2.52 bits per heavy atom. The molecule has 0 fully saturated rings. The lowest BCUT2D eigenvalue weighted by atomic mass is 9.98. The third-order valence-corrected chi connectivity index (χ3v) is 4.85. The van der Waals surface area contributed by atoms with E-state index in [1.54, 1.807) is 19.2 Å². The minimum absolute atomic E-state index is 0.00141. The van der Waals surface area contributed by atoms with Crippen molar-refractivity contribution in [3.63, 3.8) is 0 Å². The first-order valence-corrected chi connectivity index (χ1v) is 8.08. The molecule has 0 aliphatic carbocycles. The molecule has 0 saturated carbocycles. The smallest absolute Gasteiger partial charge is 0.123 e. The van der Waals surface area contributed by atoms with E-state index in [1.807, 2.05) is 25.2 Å². The molecule has 1 N–H and O–H groups in total. The molecular formula is C16H16Br2FNO. The number of likely N-dealkylation sites (N-methyl/N-ethyl adjacent to an activating group) is 1. The minimum Gasteiger partial charge on any atom is -0.497 e. The van der Waals surface area contributed by atoms with E-state index in [9.17, 15) is 4.39 Å². The number of nitrogens with one attached hydrogen (secondary N) is 1. The van der Waals surface area contributed by atoms with Crippen molar-refractivity contribution in [1.29, 1.82) is 0 Å². The third kappa shape index (κ3) is 4.05. The van der Waals surface area contributed by atoms with Crippen molar-refractivity contribution in [2.45, 2.75) is 12.5 Å². The van der Waals surface area contributed by atoms with Gasteiger partial charge in [0.1, 0.15) is 11.6 Å². The summed E-state index contributed by atoms with van der Waals surface area (Å²) in [5.41, 5.74) is 2.00. The molecule has 0 heterocycles. The van der Waals surface area contributed by atoms with Crippen LogP contribution in [0.25, 0.3) is 0 Å². The average Bonchev–Trinajstić information content (AvgIpc) is 2.49. The number of methoxy groups -OCH3 is 1. The number of rotatable bonds is 5. The van der Waals surface area contributed by atoms with Gasteiger partial charge in [-0.3, -0.25) is 0 Å². The predicted molar refractivity (Wildman–Crippen MR) is 90.3 cm³/mol. The first-order valence-electron chi connectivity index (χ1n) is 6.49. The monoisotopic (exact) mass is 415 g/mol. The molecule has 2 rings (SSSR count). The standard InChI is InChI=1S/C16H16Br2FNO/c1-20-16(13-9-11(19)3-5-15(13)18)8-10-7-12(21-2)4-6-14(10)17/h3-7,9,16,20H,8H2,1-2H3. The predicted octanol–water partition coefficient (Wildman–Crippen LogP) is 4.86. The van der Waals surface area contributed by atoms with E-state index in [0.717, 1.165) is 32.2 Å². The van der Waals surface area contributed by atoms with Crippen LogP contribution in [-0.4, -0.2) is 14.2 Å². The van der Waals surface area contributed by atoms with Gasteiger partial charge in [-0.05, 0) is 61.0 Å². The van der Waals surface area contributed by atoms with Gasteiger partial charge in [-0.2, -0.15) is 0 Å². The molecule has 2 aromatic rings. The molecule has 0 saturated heterocycles. The normalized spacial score (nSPS) is 12.2. The summed E-state index contributed by atoms with van der Waals surface area (Å²) < 4.78 is 20.7. The van der Waals surface area contributed by atoms with E-state index < -0.39 is 0 Å². The van der Waals surface area contributed by atoms with Crippen molar-refractivity contribution >= 4 is 31.9 Å². The number of benzene rings is 2. The molecule has 2 aromatic carbocycles. The Bertz CT molecular complexity index is 634. The van der Waals surface area contributed by atoms with E-state index >= 15 is 0 Å². The maximum atomic E-state index is 13.5. The summed E-state index contributed by atoms with van der Waals surface area (Å²) in [6.07, 6.45) is 0.719. The second kappa shape index (κ2) is 7.38. The summed E-state index contributed by atoms with van der Waals surface area (Å²) >= 11 is 7.04. The molecule has 0 aliphatic rings. The second-order valence-electron chi connectivity index (χ2n) is 4.67. The van der Waals surface area contributed by atoms with E-state index in [4.69, 9.17) is 4.74 Å². The maximum absolute atomic E-state index is 13.5. The van der Waals surface area contributed by atoms with Crippen molar-refractivity contribution in [3.05, 3.63) is 62.3 Å². The Balaban J connectivity index is 2.33. The highest BCUT2D eigenvalue weighted by Crippen LogP contribution is 2.30. The third-order valence-electron chi connectivity index (χ3n) is 3.36. The second-order valence-corrected chi connectivity index (χ2v) is 6.38. The summed E-state index contributed by atoms with van der Waals surface area (Å²) in [6.45, 7) is 0. The van der Waals surface area contributed by atoms with Crippen LogP contribution in [0.4, 0.5) is 4.39 Å². The van der Waals surface area contributed by atoms with Gasteiger partial charge in [0.25, 0.3) is 0 Å². The molecular weight excluding hydrogens is 401 g/mol. The first-order chi connectivity index (χ1) is 10.0. The lowest BCUT2D eigenvalue weighted by molar-refractivity contribution is 0.413. The summed E-state index contributed by atoms with van der Waals surface area (Å²) in [6, 6.07) is 10.6. The van der Waals surface area contributed by atoms with E-state index in [0.29, 0.717) is 0 Å². The van der Waals surface area contributed by atoms with Crippen LogP contribution in [0.1, 0.15) is 17.2 Å². The molecule has 112 valence electrons. The van der Waals surface area contributed by atoms with Crippen LogP contribution in [0.2, 0.25) is 0 Å². The van der Waals surface area contributed by atoms with Gasteiger partial charge in [0.2, 0.25) is 0 Å². The van der Waals surface area contributed by atoms with Gasteiger partial charge >= 0.3 is 0 Å². The van der Waals surface area contributed by atoms with Gasteiger partial charge in [-0.1, -0.05) is 31.9 Å². The molecule has 0 aliphatic heterocycles. The average molecular weight is 417 g/mol. The first kappa shape index (κ1) is 16.5. The molecule has 21 heavy (non-hydrogen) atoms. The fourth-order valence-electron chi connectivity index (χ4n) is 2.20. The van der Waals surface area contributed by atoms with Crippen LogP contribution in [0, 0.1) is 5.82 Å². The van der Waals surface area contributed by atoms with E-state index in [2.05, 4.69) is 37.2 Å². The zero-order valence-electron chi connectivity index (χ0n) is 11.8. The number of ether oxygens (including phenoxy) is 1. The van der Waals surface area contributed by atoms with Crippen molar-refractivity contribution in [3.8, 4) is 5.75 Å². The van der Waals surface area contributed by atoms with Crippen LogP contribution in [0.15, 0.2) is 45.3 Å². The van der Waals surface area contributed by atoms with E-state index in [1.165, 1.54) is 6.07 Å². The summed E-state index contributed by atoms with van der Waals surface area (Å²) in [7, 11) is 3.52. The highest BCUT2D eigenvalue weighted by molar-refractivity contribution is 9.10. The van der Waals surface area contributed by atoms with Gasteiger partial charge in [0.05, 0.1) is 7.11 Å².